The predicted molar refractivity (Wildman–Crippen MR) is 106 cm³/mol. The third kappa shape index (κ3) is 4.53. The third-order valence-corrected chi connectivity index (χ3v) is 7.56. The minimum Gasteiger partial charge on any atom is -0.477 e. The lowest BCUT2D eigenvalue weighted by Gasteiger charge is -2.38. The van der Waals surface area contributed by atoms with E-state index in [0.717, 1.165) is 38.2 Å². The first-order chi connectivity index (χ1) is 13.7. The molecular weight excluding hydrogens is 398 g/mol. The van der Waals surface area contributed by atoms with Crippen molar-refractivity contribution in [1.82, 2.24) is 9.21 Å². The Morgan fingerprint density at radius 3 is 2.38 bits per heavy atom. The van der Waals surface area contributed by atoms with Crippen molar-refractivity contribution in [1.29, 1.82) is 0 Å². The number of nitro groups is 1. The van der Waals surface area contributed by atoms with E-state index in [1.807, 2.05) is 13.8 Å². The highest BCUT2D eigenvalue weighted by molar-refractivity contribution is 7.89. The van der Waals surface area contributed by atoms with Crippen LogP contribution in [0.1, 0.15) is 46.0 Å². The zero-order valence-corrected chi connectivity index (χ0v) is 17.6. The molecule has 0 bridgehead atoms. The number of carbonyl (C=O) groups excluding carboxylic acids is 1. The minimum absolute atomic E-state index is 0.0952. The second-order valence-corrected chi connectivity index (χ2v) is 9.65. The Morgan fingerprint density at radius 1 is 1.17 bits per heavy atom. The van der Waals surface area contributed by atoms with Crippen LogP contribution in [-0.4, -0.2) is 60.2 Å². The average Bonchev–Trinajstić information content (AvgIpc) is 3.21. The third-order valence-electron chi connectivity index (χ3n) is 5.66. The summed E-state index contributed by atoms with van der Waals surface area (Å²) in [6.45, 7) is 4.46. The number of sulfonamides is 1. The number of piperidine rings is 1. The van der Waals surface area contributed by atoms with Crippen LogP contribution in [0.15, 0.2) is 23.1 Å². The van der Waals surface area contributed by atoms with Gasteiger partial charge in [0.15, 0.2) is 12.4 Å². The fourth-order valence-electron chi connectivity index (χ4n) is 4.13. The van der Waals surface area contributed by atoms with Gasteiger partial charge in [0.25, 0.3) is 5.91 Å². The molecule has 2 atom stereocenters. The summed E-state index contributed by atoms with van der Waals surface area (Å²) in [6.07, 6.45) is 4.44. The molecule has 9 nitrogen and oxygen atoms in total. The molecule has 2 aliphatic rings. The van der Waals surface area contributed by atoms with E-state index in [1.165, 1.54) is 16.4 Å². The van der Waals surface area contributed by atoms with Crippen LogP contribution in [0.25, 0.3) is 0 Å². The molecule has 0 N–H and O–H groups in total. The van der Waals surface area contributed by atoms with Gasteiger partial charge in [0, 0.05) is 31.2 Å². The molecule has 2 saturated heterocycles. The van der Waals surface area contributed by atoms with Gasteiger partial charge in [-0.1, -0.05) is 0 Å². The maximum absolute atomic E-state index is 12.7. The van der Waals surface area contributed by atoms with Crippen molar-refractivity contribution in [2.45, 2.75) is 62.9 Å². The highest BCUT2D eigenvalue weighted by Crippen LogP contribution is 2.32. The maximum atomic E-state index is 12.7. The first-order valence-electron chi connectivity index (χ1n) is 9.94. The molecule has 0 radical (unpaired) electrons. The van der Waals surface area contributed by atoms with Gasteiger partial charge in [-0.2, -0.15) is 4.31 Å². The second-order valence-electron chi connectivity index (χ2n) is 7.72. The summed E-state index contributed by atoms with van der Waals surface area (Å²) in [7, 11) is -3.78. The summed E-state index contributed by atoms with van der Waals surface area (Å²) < 4.78 is 32.1. The Balaban J connectivity index is 1.77. The van der Waals surface area contributed by atoms with Crippen molar-refractivity contribution < 1.29 is 22.9 Å². The molecule has 2 aliphatic heterocycles. The molecule has 1 amide bonds. The van der Waals surface area contributed by atoms with Gasteiger partial charge < -0.3 is 9.64 Å². The van der Waals surface area contributed by atoms with Crippen LogP contribution < -0.4 is 4.74 Å². The molecule has 3 rings (SSSR count). The summed E-state index contributed by atoms with van der Waals surface area (Å²) in [4.78, 5) is 25.0. The summed E-state index contributed by atoms with van der Waals surface area (Å²) in [5.41, 5.74) is -0.460. The highest BCUT2D eigenvalue weighted by Gasteiger charge is 2.31. The van der Waals surface area contributed by atoms with Crippen LogP contribution in [0.5, 0.6) is 5.75 Å². The van der Waals surface area contributed by atoms with Crippen molar-refractivity contribution in [3.05, 3.63) is 28.3 Å². The molecule has 29 heavy (non-hydrogen) atoms. The van der Waals surface area contributed by atoms with E-state index in [4.69, 9.17) is 4.74 Å². The number of hydrogen-bond donors (Lipinski definition) is 0. The monoisotopic (exact) mass is 425 g/mol. The normalized spacial score (nSPS) is 23.2. The zero-order chi connectivity index (χ0) is 21.2. The van der Waals surface area contributed by atoms with Crippen molar-refractivity contribution in [3.63, 3.8) is 0 Å². The highest BCUT2D eigenvalue weighted by atomic mass is 32.2. The van der Waals surface area contributed by atoms with Gasteiger partial charge in [0.1, 0.15) is 0 Å². The van der Waals surface area contributed by atoms with Crippen LogP contribution >= 0.6 is 0 Å². The van der Waals surface area contributed by atoms with Gasteiger partial charge in [-0.3, -0.25) is 14.9 Å². The standard InChI is InChI=1S/C19H27N3O6S/c1-14-6-5-7-15(2)21(14)19(23)13-28-18-9-8-16(12-17(18)22(24)25)29(26,27)20-10-3-4-11-20/h8-9,12,14-15H,3-7,10-11,13H2,1-2H3/t14-,15+. The van der Waals surface area contributed by atoms with Crippen LogP contribution in [-0.2, 0) is 14.8 Å². The van der Waals surface area contributed by atoms with Crippen LogP contribution in [0.4, 0.5) is 5.69 Å². The fraction of sp³-hybridized carbons (Fsp3) is 0.632. The largest absolute Gasteiger partial charge is 0.477 e. The molecule has 0 aliphatic carbocycles. The zero-order valence-electron chi connectivity index (χ0n) is 16.7. The van der Waals surface area contributed by atoms with Gasteiger partial charge in [0.05, 0.1) is 9.82 Å². The summed E-state index contributed by atoms with van der Waals surface area (Å²) in [5, 5.41) is 11.5. The molecular formula is C19H27N3O6S. The minimum atomic E-state index is -3.78. The Bertz CT molecular complexity index is 872. The van der Waals surface area contributed by atoms with E-state index in [2.05, 4.69) is 0 Å². The number of nitro benzene ring substituents is 1. The topological polar surface area (TPSA) is 110 Å². The SMILES string of the molecule is C[C@@H]1CCC[C@H](C)N1C(=O)COc1ccc(S(=O)(=O)N2CCCC2)cc1[N+](=O)[O-]. The number of carbonyl (C=O) groups is 1. The number of rotatable bonds is 6. The number of likely N-dealkylation sites (tertiary alicyclic amines) is 1. The van der Waals surface area contributed by atoms with Gasteiger partial charge in [-0.05, 0) is 58.1 Å². The Labute approximate surface area is 170 Å². The molecule has 160 valence electrons. The Kier molecular flexibility index (Phi) is 6.42. The molecule has 1 aromatic rings. The van der Waals surface area contributed by atoms with Gasteiger partial charge in [0.2, 0.25) is 10.0 Å². The number of amides is 1. The first-order valence-corrected chi connectivity index (χ1v) is 11.4. The summed E-state index contributed by atoms with van der Waals surface area (Å²) in [5.74, 6) is -0.339. The Hall–Kier alpha value is -2.20. The molecule has 2 fully saturated rings. The van der Waals surface area contributed by atoms with E-state index in [0.29, 0.717) is 13.1 Å². The lowest BCUT2D eigenvalue weighted by Crippen LogP contribution is -2.49. The molecule has 0 aromatic heterocycles. The first kappa shape index (κ1) is 21.5. The van der Waals surface area contributed by atoms with E-state index in [1.54, 1.807) is 4.90 Å². The number of benzene rings is 1. The number of ether oxygens (including phenoxy) is 1. The molecule has 0 unspecified atom stereocenters. The van der Waals surface area contributed by atoms with Gasteiger partial charge in [-0.15, -0.1) is 0 Å². The summed E-state index contributed by atoms with van der Waals surface area (Å²) >= 11 is 0. The van der Waals surface area contributed by atoms with Crippen LogP contribution in [0.3, 0.4) is 0 Å². The molecule has 0 saturated carbocycles. The maximum Gasteiger partial charge on any atom is 0.312 e. The quantitative estimate of drug-likeness (QED) is 0.512. The van der Waals surface area contributed by atoms with Gasteiger partial charge >= 0.3 is 5.69 Å². The van der Waals surface area contributed by atoms with Gasteiger partial charge in [-0.25, -0.2) is 8.42 Å². The van der Waals surface area contributed by atoms with Crippen molar-refractivity contribution >= 4 is 21.6 Å². The lowest BCUT2D eigenvalue weighted by molar-refractivity contribution is -0.386. The van der Waals surface area contributed by atoms with Crippen LogP contribution in [0, 0.1) is 10.1 Å². The lowest BCUT2D eigenvalue weighted by atomic mass is 9.97. The average molecular weight is 426 g/mol. The smallest absolute Gasteiger partial charge is 0.312 e. The fourth-order valence-corrected chi connectivity index (χ4v) is 5.66. The molecule has 1 aromatic carbocycles. The van der Waals surface area contributed by atoms with Crippen molar-refractivity contribution in [2.75, 3.05) is 19.7 Å². The Morgan fingerprint density at radius 2 is 1.79 bits per heavy atom. The van der Waals surface area contributed by atoms with Crippen molar-refractivity contribution in [3.8, 4) is 5.75 Å². The van der Waals surface area contributed by atoms with E-state index in [9.17, 15) is 23.3 Å². The molecule has 2 heterocycles. The van der Waals surface area contributed by atoms with E-state index >= 15 is 0 Å². The number of hydrogen-bond acceptors (Lipinski definition) is 6. The van der Waals surface area contributed by atoms with Crippen molar-refractivity contribution in [2.24, 2.45) is 0 Å². The molecule has 10 heteroatoms. The van der Waals surface area contributed by atoms with Crippen LogP contribution in [0.2, 0.25) is 0 Å². The summed E-state index contributed by atoms with van der Waals surface area (Å²) in [6, 6.07) is 3.76. The number of nitrogens with zero attached hydrogens (tertiary/aromatic N) is 3. The van der Waals surface area contributed by atoms with E-state index in [-0.39, 0.29) is 35.2 Å². The molecule has 0 spiro atoms. The predicted octanol–water partition coefficient (Wildman–Crippen LogP) is 2.55. The second kappa shape index (κ2) is 8.66. The van der Waals surface area contributed by atoms with E-state index < -0.39 is 20.6 Å².